The van der Waals surface area contributed by atoms with E-state index in [1.54, 1.807) is 27.7 Å². The highest BCUT2D eigenvalue weighted by Gasteiger charge is 2.12. The lowest BCUT2D eigenvalue weighted by Crippen LogP contribution is -2.27. The number of carbonyl (C=O) groups is 2. The Bertz CT molecular complexity index is 694. The van der Waals surface area contributed by atoms with Crippen LogP contribution in [0.3, 0.4) is 0 Å². The van der Waals surface area contributed by atoms with Gasteiger partial charge in [-0.05, 0) is 40.2 Å². The number of benzene rings is 2. The smallest absolute Gasteiger partial charge is 0.405 e. The predicted molar refractivity (Wildman–Crippen MR) is 118 cm³/mol. The van der Waals surface area contributed by atoms with Crippen LogP contribution < -0.4 is 5.73 Å². The minimum atomic E-state index is -0.725. The highest BCUT2D eigenvalue weighted by Crippen LogP contribution is 2.06. The molecule has 29 heavy (non-hydrogen) atoms. The summed E-state index contributed by atoms with van der Waals surface area (Å²) < 4.78 is 9.74. The topological polar surface area (TPSA) is 78.6 Å². The van der Waals surface area contributed by atoms with Crippen LogP contribution in [0.25, 0.3) is 0 Å². The van der Waals surface area contributed by atoms with E-state index >= 15 is 0 Å². The number of hydrogen-bond donors (Lipinski definition) is 1. The summed E-state index contributed by atoms with van der Waals surface area (Å²) in [4.78, 5) is 21.0. The molecule has 2 rings (SSSR count). The molecule has 0 bridgehead atoms. The molecule has 5 nitrogen and oxygen atoms in total. The number of carbonyl (C=O) groups excluding carboxylic acids is 2. The van der Waals surface area contributed by atoms with Gasteiger partial charge in [-0.2, -0.15) is 0 Å². The number of aryl methyl sites for hydroxylation is 1. The van der Waals surface area contributed by atoms with Crippen LogP contribution in [0.5, 0.6) is 0 Å². The molecule has 160 valence electrons. The van der Waals surface area contributed by atoms with E-state index in [0.29, 0.717) is 6.42 Å². The van der Waals surface area contributed by atoms with Crippen LogP contribution in [-0.4, -0.2) is 23.8 Å². The van der Waals surface area contributed by atoms with Gasteiger partial charge in [-0.25, -0.2) is 4.79 Å². The molecular formula is C24H35NO4. The van der Waals surface area contributed by atoms with E-state index in [-0.39, 0.29) is 12.1 Å². The van der Waals surface area contributed by atoms with Crippen molar-refractivity contribution >= 4 is 12.1 Å². The quantitative estimate of drug-likeness (QED) is 0.691. The number of hydrogen-bond acceptors (Lipinski definition) is 4. The van der Waals surface area contributed by atoms with Gasteiger partial charge in [0, 0.05) is 12.8 Å². The van der Waals surface area contributed by atoms with E-state index in [1.165, 1.54) is 11.1 Å². The molecule has 0 saturated heterocycles. The summed E-state index contributed by atoms with van der Waals surface area (Å²) in [6.07, 6.45) is 0.466. The minimum Gasteiger partial charge on any atom is -0.462 e. The number of rotatable bonds is 4. The summed E-state index contributed by atoms with van der Waals surface area (Å²) in [5.74, 6) is -0.131. The molecule has 1 amide bonds. The molecule has 0 aliphatic rings. The van der Waals surface area contributed by atoms with E-state index in [4.69, 9.17) is 10.5 Å². The SMILES string of the molecule is CC(C)(C)OC(N)=O.CCC(=O)OC(C)Cc1ccccc1.Cc1ccccc1. The van der Waals surface area contributed by atoms with Crippen molar-refractivity contribution in [3.05, 3.63) is 71.8 Å². The van der Waals surface area contributed by atoms with Crippen LogP contribution in [0.4, 0.5) is 4.79 Å². The van der Waals surface area contributed by atoms with E-state index in [1.807, 2.05) is 55.5 Å². The first-order valence-electron chi connectivity index (χ1n) is 9.77. The Hall–Kier alpha value is -2.82. The average Bonchev–Trinajstić information content (AvgIpc) is 2.62. The molecule has 0 heterocycles. The summed E-state index contributed by atoms with van der Waals surface area (Å²) in [5.41, 5.74) is 6.78. The Kier molecular flexibility index (Phi) is 12.8. The van der Waals surface area contributed by atoms with Crippen molar-refractivity contribution in [2.45, 2.75) is 66.1 Å². The third kappa shape index (κ3) is 17.0. The minimum absolute atomic E-state index is 0.0372. The lowest BCUT2D eigenvalue weighted by molar-refractivity contribution is -0.147. The van der Waals surface area contributed by atoms with E-state index in [2.05, 4.69) is 23.8 Å². The van der Waals surface area contributed by atoms with Gasteiger partial charge >= 0.3 is 12.1 Å². The van der Waals surface area contributed by atoms with E-state index in [0.717, 1.165) is 6.42 Å². The fraction of sp³-hybridized carbons (Fsp3) is 0.417. The molecule has 2 aromatic carbocycles. The van der Waals surface area contributed by atoms with Gasteiger partial charge in [-0.1, -0.05) is 73.2 Å². The number of ether oxygens (including phenoxy) is 2. The Morgan fingerprint density at radius 3 is 1.76 bits per heavy atom. The first-order chi connectivity index (χ1) is 13.5. The number of primary amides is 1. The van der Waals surface area contributed by atoms with Crippen LogP contribution in [0, 0.1) is 6.92 Å². The monoisotopic (exact) mass is 401 g/mol. The summed E-state index contributed by atoms with van der Waals surface area (Å²) in [6, 6.07) is 20.3. The van der Waals surface area contributed by atoms with Gasteiger partial charge in [0.1, 0.15) is 11.7 Å². The van der Waals surface area contributed by atoms with Gasteiger partial charge in [0.25, 0.3) is 0 Å². The van der Waals surface area contributed by atoms with Crippen molar-refractivity contribution in [2.75, 3.05) is 0 Å². The van der Waals surface area contributed by atoms with Crippen molar-refractivity contribution in [2.24, 2.45) is 5.73 Å². The van der Waals surface area contributed by atoms with Crippen LogP contribution in [0.2, 0.25) is 0 Å². The Morgan fingerprint density at radius 2 is 1.45 bits per heavy atom. The molecule has 2 aromatic rings. The predicted octanol–water partition coefficient (Wildman–Crippen LogP) is 5.45. The number of esters is 1. The molecule has 0 radical (unpaired) electrons. The fourth-order valence-electron chi connectivity index (χ4n) is 2.13. The summed E-state index contributed by atoms with van der Waals surface area (Å²) >= 11 is 0. The molecule has 0 saturated carbocycles. The van der Waals surface area contributed by atoms with E-state index in [9.17, 15) is 9.59 Å². The summed E-state index contributed by atoms with van der Waals surface area (Å²) in [6.45, 7) is 11.1. The zero-order chi connectivity index (χ0) is 22.3. The third-order valence-electron chi connectivity index (χ3n) is 3.33. The Morgan fingerprint density at radius 1 is 0.966 bits per heavy atom. The lowest BCUT2D eigenvalue weighted by atomic mass is 10.1. The van der Waals surface area contributed by atoms with Gasteiger partial charge in [0.15, 0.2) is 0 Å². The molecule has 0 spiro atoms. The van der Waals surface area contributed by atoms with Crippen LogP contribution in [-0.2, 0) is 20.7 Å². The molecule has 0 aromatic heterocycles. The third-order valence-corrected chi connectivity index (χ3v) is 3.33. The van der Waals surface area contributed by atoms with Gasteiger partial charge in [-0.3, -0.25) is 4.79 Å². The number of nitrogens with two attached hydrogens (primary N) is 1. The molecule has 0 fully saturated rings. The van der Waals surface area contributed by atoms with Crippen molar-refractivity contribution in [1.82, 2.24) is 0 Å². The zero-order valence-electron chi connectivity index (χ0n) is 18.5. The Balaban J connectivity index is 0.000000444. The second-order valence-corrected chi connectivity index (χ2v) is 7.53. The van der Waals surface area contributed by atoms with Crippen LogP contribution >= 0.6 is 0 Å². The molecular weight excluding hydrogens is 366 g/mol. The second-order valence-electron chi connectivity index (χ2n) is 7.53. The van der Waals surface area contributed by atoms with E-state index < -0.39 is 11.7 Å². The molecule has 5 heteroatoms. The second kappa shape index (κ2) is 14.2. The zero-order valence-corrected chi connectivity index (χ0v) is 18.5. The first-order valence-corrected chi connectivity index (χ1v) is 9.77. The number of amides is 1. The van der Waals surface area contributed by atoms with Gasteiger partial charge in [0.05, 0.1) is 0 Å². The van der Waals surface area contributed by atoms with Gasteiger partial charge in [-0.15, -0.1) is 0 Å². The lowest BCUT2D eigenvalue weighted by Gasteiger charge is -2.16. The highest BCUT2D eigenvalue weighted by atomic mass is 16.6. The van der Waals surface area contributed by atoms with Crippen LogP contribution in [0.1, 0.15) is 52.2 Å². The maximum absolute atomic E-state index is 11.0. The summed E-state index contributed by atoms with van der Waals surface area (Å²) in [5, 5.41) is 0. The average molecular weight is 402 g/mol. The van der Waals surface area contributed by atoms with Crippen molar-refractivity contribution in [3.8, 4) is 0 Å². The van der Waals surface area contributed by atoms with Crippen molar-refractivity contribution in [1.29, 1.82) is 0 Å². The highest BCUT2D eigenvalue weighted by molar-refractivity contribution is 5.69. The first kappa shape index (κ1) is 26.2. The van der Waals surface area contributed by atoms with Crippen molar-refractivity contribution in [3.63, 3.8) is 0 Å². The fourth-order valence-corrected chi connectivity index (χ4v) is 2.13. The van der Waals surface area contributed by atoms with Gasteiger partial charge < -0.3 is 15.2 Å². The molecule has 2 N–H and O–H groups in total. The molecule has 1 unspecified atom stereocenters. The van der Waals surface area contributed by atoms with Crippen LogP contribution in [0.15, 0.2) is 60.7 Å². The standard InChI is InChI=1S/C12H16O2.C7H8.C5H11NO2/c1-3-12(13)14-10(2)9-11-7-5-4-6-8-11;1-7-5-3-2-4-6-7;1-5(2,3)8-4(6)7/h4-8,10H,3,9H2,1-2H3;2-6H,1H3;1-3H3,(H2,6,7). The van der Waals surface area contributed by atoms with Gasteiger partial charge in [0.2, 0.25) is 0 Å². The maximum Gasteiger partial charge on any atom is 0.405 e. The largest absolute Gasteiger partial charge is 0.462 e. The molecule has 0 aliphatic heterocycles. The summed E-state index contributed by atoms with van der Waals surface area (Å²) in [7, 11) is 0. The molecule has 0 aliphatic carbocycles. The van der Waals surface area contributed by atoms with Crippen molar-refractivity contribution < 1.29 is 19.1 Å². The maximum atomic E-state index is 11.0. The normalized spacial score (nSPS) is 11.0. The molecule has 1 atom stereocenters. The Labute approximate surface area is 175 Å².